The van der Waals surface area contributed by atoms with Crippen LogP contribution in [-0.4, -0.2) is 30.2 Å². The van der Waals surface area contributed by atoms with Gasteiger partial charge in [-0.2, -0.15) is 0 Å². The highest BCUT2D eigenvalue weighted by molar-refractivity contribution is 7.91. The summed E-state index contributed by atoms with van der Waals surface area (Å²) in [5, 5.41) is 2.44. The summed E-state index contributed by atoms with van der Waals surface area (Å²) in [5.74, 6) is -0.671. The van der Waals surface area contributed by atoms with E-state index in [1.165, 1.54) is 12.1 Å². The van der Waals surface area contributed by atoms with Crippen LogP contribution in [-0.2, 0) is 14.6 Å². The van der Waals surface area contributed by atoms with E-state index in [1.807, 2.05) is 0 Å². The SMILES string of the molecule is O=C(Nc1ccccc1)O[C@H](CS(=O)(=O)c1ccccc1)C(Cl)(Cl)Cl. The number of amides is 1. The Kier molecular flexibility index (Phi) is 6.57. The molecular formula is C16H14Cl3NO4S. The lowest BCUT2D eigenvalue weighted by atomic mass is 10.3. The van der Waals surface area contributed by atoms with E-state index in [1.54, 1.807) is 48.5 Å². The van der Waals surface area contributed by atoms with Crippen LogP contribution in [0.15, 0.2) is 65.6 Å². The van der Waals surface area contributed by atoms with Gasteiger partial charge in [0.2, 0.25) is 3.79 Å². The third-order valence-corrected chi connectivity index (χ3v) is 5.57. The summed E-state index contributed by atoms with van der Waals surface area (Å²) < 4.78 is 27.8. The fraction of sp³-hybridized carbons (Fsp3) is 0.188. The van der Waals surface area contributed by atoms with Crippen molar-refractivity contribution in [2.24, 2.45) is 0 Å². The lowest BCUT2D eigenvalue weighted by molar-refractivity contribution is 0.124. The summed E-state index contributed by atoms with van der Waals surface area (Å²) in [6.07, 6.45) is -2.42. The first kappa shape index (κ1) is 19.8. The van der Waals surface area contributed by atoms with Crippen LogP contribution in [0.3, 0.4) is 0 Å². The summed E-state index contributed by atoms with van der Waals surface area (Å²) in [6, 6.07) is 16.1. The van der Waals surface area contributed by atoms with Crippen LogP contribution < -0.4 is 5.32 Å². The van der Waals surface area contributed by atoms with Crippen molar-refractivity contribution in [3.05, 3.63) is 60.7 Å². The summed E-state index contributed by atoms with van der Waals surface area (Å²) in [5.41, 5.74) is 0.460. The monoisotopic (exact) mass is 421 g/mol. The first-order valence-corrected chi connectivity index (χ1v) is 9.84. The maximum Gasteiger partial charge on any atom is 0.412 e. The molecule has 2 aromatic carbocycles. The number of benzene rings is 2. The molecule has 5 nitrogen and oxygen atoms in total. The molecule has 0 saturated carbocycles. The maximum atomic E-state index is 12.4. The third kappa shape index (κ3) is 6.08. The lowest BCUT2D eigenvalue weighted by Gasteiger charge is -2.24. The van der Waals surface area contributed by atoms with Crippen LogP contribution in [0.1, 0.15) is 0 Å². The Morgan fingerprint density at radius 2 is 1.52 bits per heavy atom. The zero-order valence-corrected chi connectivity index (χ0v) is 15.8. The number of anilines is 1. The number of halogens is 3. The van der Waals surface area contributed by atoms with Crippen molar-refractivity contribution in [3.63, 3.8) is 0 Å². The van der Waals surface area contributed by atoms with E-state index in [-0.39, 0.29) is 4.90 Å². The minimum Gasteiger partial charge on any atom is -0.440 e. The Morgan fingerprint density at radius 3 is 2.04 bits per heavy atom. The fourth-order valence-corrected chi connectivity index (χ4v) is 4.04. The number of rotatable bonds is 5. The molecule has 1 amide bonds. The van der Waals surface area contributed by atoms with Gasteiger partial charge in [-0.1, -0.05) is 71.2 Å². The highest BCUT2D eigenvalue weighted by atomic mass is 35.6. The van der Waals surface area contributed by atoms with E-state index < -0.39 is 31.6 Å². The van der Waals surface area contributed by atoms with Crippen molar-refractivity contribution < 1.29 is 17.9 Å². The van der Waals surface area contributed by atoms with Crippen molar-refractivity contribution in [3.8, 4) is 0 Å². The maximum absolute atomic E-state index is 12.4. The van der Waals surface area contributed by atoms with Gasteiger partial charge in [0.15, 0.2) is 15.9 Å². The highest BCUT2D eigenvalue weighted by Gasteiger charge is 2.40. The largest absolute Gasteiger partial charge is 0.440 e. The van der Waals surface area contributed by atoms with Gasteiger partial charge >= 0.3 is 6.09 Å². The molecule has 0 unspecified atom stereocenters. The van der Waals surface area contributed by atoms with Crippen molar-refractivity contribution in [2.75, 3.05) is 11.1 Å². The van der Waals surface area contributed by atoms with Gasteiger partial charge in [0.1, 0.15) is 0 Å². The molecule has 0 aliphatic carbocycles. The number of alkyl halides is 3. The predicted octanol–water partition coefficient (Wildman–Crippen LogP) is 4.45. The van der Waals surface area contributed by atoms with Gasteiger partial charge in [-0.15, -0.1) is 0 Å². The molecule has 0 radical (unpaired) electrons. The van der Waals surface area contributed by atoms with Crippen molar-refractivity contribution in [1.29, 1.82) is 0 Å². The molecule has 0 fully saturated rings. The smallest absolute Gasteiger partial charge is 0.412 e. The summed E-state index contributed by atoms with van der Waals surface area (Å²) in [6.45, 7) is 0. The average Bonchev–Trinajstić information content (AvgIpc) is 2.55. The first-order chi connectivity index (χ1) is 11.7. The number of nitrogens with one attached hydrogen (secondary N) is 1. The molecule has 0 aliphatic rings. The zero-order chi connectivity index (χ0) is 18.5. The van der Waals surface area contributed by atoms with E-state index in [0.29, 0.717) is 5.69 Å². The Balaban J connectivity index is 2.13. The number of sulfone groups is 1. The fourth-order valence-electron chi connectivity index (χ4n) is 1.92. The number of para-hydroxylation sites is 1. The van der Waals surface area contributed by atoms with E-state index in [4.69, 9.17) is 39.5 Å². The molecular weight excluding hydrogens is 409 g/mol. The molecule has 25 heavy (non-hydrogen) atoms. The molecule has 2 aromatic rings. The van der Waals surface area contributed by atoms with Crippen LogP contribution in [0.25, 0.3) is 0 Å². The number of carbonyl (C=O) groups is 1. The van der Waals surface area contributed by atoms with E-state index >= 15 is 0 Å². The quantitative estimate of drug-likeness (QED) is 0.723. The van der Waals surface area contributed by atoms with Crippen LogP contribution >= 0.6 is 34.8 Å². The number of hydrogen-bond donors (Lipinski definition) is 1. The van der Waals surface area contributed by atoms with Gasteiger partial charge in [0.25, 0.3) is 0 Å². The molecule has 0 saturated heterocycles. The standard InChI is InChI=1S/C16H14Cl3NO4S/c17-16(18,19)14(11-25(22,23)13-9-5-2-6-10-13)24-15(21)20-12-7-3-1-4-8-12/h1-10,14H,11H2,(H,20,21)/t14-/m1/s1. The molecule has 2 rings (SSSR count). The van der Waals surface area contributed by atoms with Gasteiger partial charge in [0.05, 0.1) is 10.6 Å². The van der Waals surface area contributed by atoms with Crippen molar-refractivity contribution >= 4 is 56.4 Å². The van der Waals surface area contributed by atoms with Gasteiger partial charge in [-0.3, -0.25) is 5.32 Å². The second-order valence-electron chi connectivity index (χ2n) is 5.02. The predicted molar refractivity (Wildman–Crippen MR) is 99.1 cm³/mol. The van der Waals surface area contributed by atoms with Crippen molar-refractivity contribution in [2.45, 2.75) is 14.8 Å². The highest BCUT2D eigenvalue weighted by Crippen LogP contribution is 2.34. The Bertz CT molecular complexity index is 808. The molecule has 9 heteroatoms. The zero-order valence-electron chi connectivity index (χ0n) is 12.7. The lowest BCUT2D eigenvalue weighted by Crippen LogP contribution is -2.38. The van der Waals surface area contributed by atoms with E-state index in [0.717, 1.165) is 0 Å². The minimum atomic E-state index is -3.82. The number of ether oxygens (including phenoxy) is 1. The van der Waals surface area contributed by atoms with Gasteiger partial charge < -0.3 is 4.74 Å². The molecule has 1 N–H and O–H groups in total. The number of hydrogen-bond acceptors (Lipinski definition) is 4. The molecule has 0 spiro atoms. The van der Waals surface area contributed by atoms with Gasteiger partial charge in [-0.25, -0.2) is 13.2 Å². The topological polar surface area (TPSA) is 72.5 Å². The van der Waals surface area contributed by atoms with Crippen LogP contribution in [0.2, 0.25) is 0 Å². The summed E-state index contributed by atoms with van der Waals surface area (Å²) in [7, 11) is -3.82. The minimum absolute atomic E-state index is 0.0429. The first-order valence-electron chi connectivity index (χ1n) is 7.06. The van der Waals surface area contributed by atoms with Crippen LogP contribution in [0.4, 0.5) is 10.5 Å². The molecule has 0 aliphatic heterocycles. The molecule has 0 heterocycles. The molecule has 0 bridgehead atoms. The van der Waals surface area contributed by atoms with Gasteiger partial charge in [-0.05, 0) is 24.3 Å². The second-order valence-corrected chi connectivity index (χ2v) is 9.42. The number of carbonyl (C=O) groups excluding carboxylic acids is 1. The Morgan fingerprint density at radius 1 is 1.00 bits per heavy atom. The molecule has 1 atom stereocenters. The van der Waals surface area contributed by atoms with Crippen molar-refractivity contribution in [1.82, 2.24) is 0 Å². The normalized spacial score (nSPS) is 13.1. The summed E-state index contributed by atoms with van der Waals surface area (Å²) >= 11 is 17.4. The summed E-state index contributed by atoms with van der Waals surface area (Å²) in [4.78, 5) is 12.0. The molecule has 0 aromatic heterocycles. The van der Waals surface area contributed by atoms with Crippen LogP contribution in [0, 0.1) is 0 Å². The van der Waals surface area contributed by atoms with Gasteiger partial charge in [0, 0.05) is 5.69 Å². The second kappa shape index (κ2) is 8.27. The Hall–Kier alpha value is -1.47. The van der Waals surface area contributed by atoms with E-state index in [9.17, 15) is 13.2 Å². The van der Waals surface area contributed by atoms with Crippen LogP contribution in [0.5, 0.6) is 0 Å². The third-order valence-electron chi connectivity index (χ3n) is 3.11. The van der Waals surface area contributed by atoms with E-state index in [2.05, 4.69) is 5.32 Å². The average molecular weight is 423 g/mol. The Labute approximate surface area is 160 Å². The molecule has 134 valence electrons.